The molecule has 0 spiro atoms. The summed E-state index contributed by atoms with van der Waals surface area (Å²) in [7, 11) is 0. The first-order valence-electron chi connectivity index (χ1n) is 11.2. The molecule has 3 heterocycles. The summed E-state index contributed by atoms with van der Waals surface area (Å²) < 4.78 is 27.5. The fourth-order valence-corrected chi connectivity index (χ4v) is 5.50. The quantitative estimate of drug-likeness (QED) is 0.531. The van der Waals surface area contributed by atoms with E-state index in [0.717, 1.165) is 29.5 Å². The second-order valence-electron chi connectivity index (χ2n) is 8.73. The molecule has 7 nitrogen and oxygen atoms in total. The van der Waals surface area contributed by atoms with E-state index in [1.807, 2.05) is 13.0 Å². The van der Waals surface area contributed by atoms with Crippen molar-refractivity contribution in [1.29, 1.82) is 0 Å². The van der Waals surface area contributed by atoms with Crippen LogP contribution in [0.5, 0.6) is 0 Å². The normalized spacial score (nSPS) is 19.1. The molecule has 2 aromatic carbocycles. The van der Waals surface area contributed by atoms with Gasteiger partial charge in [-0.05, 0) is 50.1 Å². The largest absolute Gasteiger partial charge is 0.315 e. The van der Waals surface area contributed by atoms with Gasteiger partial charge >= 0.3 is 0 Å². The fourth-order valence-electron chi connectivity index (χ4n) is 4.77. The molecule has 1 N–H and O–H groups in total. The van der Waals surface area contributed by atoms with E-state index in [1.165, 1.54) is 0 Å². The summed E-state index contributed by atoms with van der Waals surface area (Å²) in [6, 6.07) is 10.2. The maximum atomic E-state index is 14.0. The lowest BCUT2D eigenvalue weighted by Crippen LogP contribution is -2.62. The smallest absolute Gasteiger partial charge is 0.257 e. The van der Waals surface area contributed by atoms with E-state index < -0.39 is 17.3 Å². The molecule has 3 aromatic rings. The number of hydrogen-bond acceptors (Lipinski definition) is 5. The third-order valence-electron chi connectivity index (χ3n) is 6.49. The van der Waals surface area contributed by atoms with Crippen LogP contribution in [-0.4, -0.2) is 39.8 Å². The summed E-state index contributed by atoms with van der Waals surface area (Å²) in [5.74, 6) is -1.66. The van der Waals surface area contributed by atoms with Crippen LogP contribution in [0.1, 0.15) is 43.0 Å². The van der Waals surface area contributed by atoms with Crippen LogP contribution in [-0.2, 0) is 9.59 Å². The number of rotatable bonds is 6. The number of halogens is 2. The third-order valence-corrected chi connectivity index (χ3v) is 7.24. The minimum absolute atomic E-state index is 0.0227. The molecule has 0 bridgehead atoms. The van der Waals surface area contributed by atoms with Gasteiger partial charge in [-0.15, -0.1) is 11.3 Å². The number of amides is 3. The highest BCUT2D eigenvalue weighted by atomic mass is 32.1. The molecule has 2 aliphatic heterocycles. The van der Waals surface area contributed by atoms with Gasteiger partial charge in [0.1, 0.15) is 17.3 Å². The van der Waals surface area contributed by atoms with Crippen LogP contribution in [0, 0.1) is 11.6 Å². The zero-order valence-electron chi connectivity index (χ0n) is 18.9. The van der Waals surface area contributed by atoms with Crippen molar-refractivity contribution in [3.05, 3.63) is 65.0 Å². The zero-order valence-corrected chi connectivity index (χ0v) is 19.7. The molecule has 10 heteroatoms. The number of nitrogens with zero attached hydrogens (tertiary/aromatic N) is 3. The predicted octanol–water partition coefficient (Wildman–Crippen LogP) is 4.81. The van der Waals surface area contributed by atoms with E-state index in [9.17, 15) is 23.2 Å². The number of anilines is 2. The van der Waals surface area contributed by atoms with Gasteiger partial charge in [-0.1, -0.05) is 12.1 Å². The van der Waals surface area contributed by atoms with Crippen molar-refractivity contribution in [1.82, 2.24) is 9.88 Å². The van der Waals surface area contributed by atoms with Gasteiger partial charge in [0.2, 0.25) is 11.8 Å². The lowest BCUT2D eigenvalue weighted by molar-refractivity contribution is -0.118. The van der Waals surface area contributed by atoms with Crippen molar-refractivity contribution < 1.29 is 23.2 Å². The molecule has 1 fully saturated rings. The highest BCUT2D eigenvalue weighted by Crippen LogP contribution is 2.44. The second-order valence-corrected chi connectivity index (χ2v) is 9.59. The Bertz CT molecular complexity index is 1340. The molecule has 0 aliphatic carbocycles. The SMILES string of the molecule is CC12CCC(=O)N1c1ccccc1C(=O)N2CCCC(=O)Nc1nc(-c2cc(F)ccc2F)cs1. The van der Waals surface area contributed by atoms with E-state index in [4.69, 9.17) is 0 Å². The number of aromatic nitrogens is 1. The Labute approximate surface area is 204 Å². The fraction of sp³-hybridized carbons (Fsp3) is 0.280. The first-order valence-corrected chi connectivity index (χ1v) is 12.1. The Hall–Kier alpha value is -3.66. The minimum atomic E-state index is -0.766. The average Bonchev–Trinajstić information content (AvgIpc) is 3.42. The van der Waals surface area contributed by atoms with Crippen LogP contribution < -0.4 is 10.2 Å². The van der Waals surface area contributed by atoms with Gasteiger partial charge in [0.05, 0.1) is 16.9 Å². The van der Waals surface area contributed by atoms with Crippen LogP contribution in [0.4, 0.5) is 19.6 Å². The topological polar surface area (TPSA) is 82.6 Å². The Kier molecular flexibility index (Phi) is 5.84. The number of thiazole rings is 1. The van der Waals surface area contributed by atoms with Crippen molar-refractivity contribution in [2.75, 3.05) is 16.8 Å². The molecule has 5 rings (SSSR count). The second kappa shape index (κ2) is 8.84. The molecule has 0 saturated carbocycles. The first-order chi connectivity index (χ1) is 16.8. The van der Waals surface area contributed by atoms with Crippen LogP contribution in [0.2, 0.25) is 0 Å². The lowest BCUT2D eigenvalue weighted by atomic mass is 9.98. The Morgan fingerprint density at radius 2 is 1.97 bits per heavy atom. The summed E-state index contributed by atoms with van der Waals surface area (Å²) in [6.07, 6.45) is 1.39. The summed E-state index contributed by atoms with van der Waals surface area (Å²) in [6.45, 7) is 2.19. The predicted molar refractivity (Wildman–Crippen MR) is 128 cm³/mol. The average molecular weight is 497 g/mol. The zero-order chi connectivity index (χ0) is 24.7. The Balaban J connectivity index is 1.24. The van der Waals surface area contributed by atoms with Gasteiger partial charge in [-0.25, -0.2) is 13.8 Å². The number of para-hydroxylation sites is 1. The summed E-state index contributed by atoms with van der Waals surface area (Å²) >= 11 is 1.11. The van der Waals surface area contributed by atoms with Gasteiger partial charge in [0.15, 0.2) is 5.13 Å². The van der Waals surface area contributed by atoms with Crippen molar-refractivity contribution in [2.45, 2.75) is 38.3 Å². The number of carbonyl (C=O) groups excluding carboxylic acids is 3. The van der Waals surface area contributed by atoms with Crippen LogP contribution in [0.15, 0.2) is 47.8 Å². The van der Waals surface area contributed by atoms with E-state index in [-0.39, 0.29) is 40.5 Å². The van der Waals surface area contributed by atoms with Crippen molar-refractivity contribution in [2.24, 2.45) is 0 Å². The molecular weight excluding hydrogens is 474 g/mol. The molecule has 1 saturated heterocycles. The molecule has 0 radical (unpaired) electrons. The molecule has 1 aromatic heterocycles. The number of hydrogen-bond donors (Lipinski definition) is 1. The van der Waals surface area contributed by atoms with Crippen molar-refractivity contribution >= 4 is 39.9 Å². The standard InChI is InChI=1S/C25H22F2N4O3S/c1-25-11-10-22(33)31(25)20-6-3-2-5-16(20)23(34)30(25)12-4-7-21(32)29-24-28-19(14-35-24)17-13-15(26)8-9-18(17)27/h2-3,5-6,8-9,13-14H,4,7,10-12H2,1H3,(H,28,29,32). The number of fused-ring (bicyclic) bond motifs is 3. The van der Waals surface area contributed by atoms with Gasteiger partial charge in [-0.3, -0.25) is 19.3 Å². The van der Waals surface area contributed by atoms with Crippen LogP contribution in [0.25, 0.3) is 11.3 Å². The Morgan fingerprint density at radius 1 is 1.17 bits per heavy atom. The van der Waals surface area contributed by atoms with Gasteiger partial charge in [0.25, 0.3) is 5.91 Å². The molecule has 1 unspecified atom stereocenters. The molecule has 3 amide bonds. The monoisotopic (exact) mass is 496 g/mol. The van der Waals surface area contributed by atoms with Crippen molar-refractivity contribution in [3.63, 3.8) is 0 Å². The molecule has 2 aliphatic rings. The maximum absolute atomic E-state index is 14.0. The summed E-state index contributed by atoms with van der Waals surface area (Å²) in [5, 5.41) is 4.50. The molecule has 35 heavy (non-hydrogen) atoms. The van der Waals surface area contributed by atoms with E-state index in [0.29, 0.717) is 37.1 Å². The number of benzene rings is 2. The number of carbonyl (C=O) groups is 3. The summed E-state index contributed by atoms with van der Waals surface area (Å²) in [5.41, 5.74) is 0.599. The van der Waals surface area contributed by atoms with Crippen LogP contribution >= 0.6 is 11.3 Å². The van der Waals surface area contributed by atoms with E-state index >= 15 is 0 Å². The molecule has 180 valence electrons. The number of nitrogens with one attached hydrogen (secondary N) is 1. The highest BCUT2D eigenvalue weighted by Gasteiger charge is 2.52. The Morgan fingerprint density at radius 3 is 2.80 bits per heavy atom. The van der Waals surface area contributed by atoms with Gasteiger partial charge < -0.3 is 10.2 Å². The van der Waals surface area contributed by atoms with Gasteiger partial charge in [-0.2, -0.15) is 0 Å². The highest BCUT2D eigenvalue weighted by molar-refractivity contribution is 7.14. The van der Waals surface area contributed by atoms with Gasteiger partial charge in [0, 0.05) is 30.3 Å². The van der Waals surface area contributed by atoms with E-state index in [2.05, 4.69) is 10.3 Å². The first kappa shape index (κ1) is 23.1. The van der Waals surface area contributed by atoms with Crippen molar-refractivity contribution in [3.8, 4) is 11.3 Å². The maximum Gasteiger partial charge on any atom is 0.257 e. The summed E-state index contributed by atoms with van der Waals surface area (Å²) in [4.78, 5) is 46.0. The molecular formula is C25H22F2N4O3S. The van der Waals surface area contributed by atoms with E-state index in [1.54, 1.807) is 33.4 Å². The lowest BCUT2D eigenvalue weighted by Gasteiger charge is -2.48. The molecule has 1 atom stereocenters. The third kappa shape index (κ3) is 4.07. The van der Waals surface area contributed by atoms with Crippen LogP contribution in [0.3, 0.4) is 0 Å². The minimum Gasteiger partial charge on any atom is -0.315 e.